The summed E-state index contributed by atoms with van der Waals surface area (Å²) in [6.07, 6.45) is 3.24. The molecule has 0 atom stereocenters. The number of carbonyl (C=O) groups is 1. The van der Waals surface area contributed by atoms with E-state index >= 15 is 0 Å². The number of hydrogen-bond acceptors (Lipinski definition) is 6. The van der Waals surface area contributed by atoms with Crippen LogP contribution in [0, 0.1) is 6.92 Å². The van der Waals surface area contributed by atoms with Gasteiger partial charge in [0.05, 0.1) is 11.0 Å². The summed E-state index contributed by atoms with van der Waals surface area (Å²) < 4.78 is 5.67. The fraction of sp³-hybridized carbons (Fsp3) is 0.0769. The second-order valence-electron chi connectivity index (χ2n) is 7.57. The van der Waals surface area contributed by atoms with Crippen LogP contribution in [0.25, 0.3) is 11.0 Å². The molecule has 5 rings (SSSR count). The lowest BCUT2D eigenvalue weighted by Gasteiger charge is -2.12. The Labute approximate surface area is 200 Å². The highest BCUT2D eigenvalue weighted by Crippen LogP contribution is 2.27. The molecule has 0 radical (unpaired) electrons. The maximum atomic E-state index is 13.1. The van der Waals surface area contributed by atoms with Crippen LogP contribution >= 0.6 is 11.8 Å². The topological polar surface area (TPSA) is 92.8 Å². The number of thioether (sulfide) groups is 1. The van der Waals surface area contributed by atoms with E-state index in [1.807, 2.05) is 67.6 Å². The van der Waals surface area contributed by atoms with Crippen molar-refractivity contribution < 1.29 is 9.53 Å². The van der Waals surface area contributed by atoms with E-state index in [4.69, 9.17) is 4.74 Å². The van der Waals surface area contributed by atoms with E-state index in [0.29, 0.717) is 22.8 Å². The molecule has 2 aromatic heterocycles. The molecule has 0 spiro atoms. The average molecular weight is 468 g/mol. The van der Waals surface area contributed by atoms with E-state index in [9.17, 15) is 4.79 Å². The number of benzene rings is 3. The molecule has 8 heteroatoms. The zero-order valence-corrected chi connectivity index (χ0v) is 19.2. The maximum Gasteiger partial charge on any atom is 0.321 e. The molecule has 2 N–H and O–H groups in total. The number of nitrogens with one attached hydrogen (secondary N) is 2. The lowest BCUT2D eigenvalue weighted by molar-refractivity contribution is 0.102. The molecule has 0 saturated carbocycles. The highest BCUT2D eigenvalue weighted by molar-refractivity contribution is 7.98. The summed E-state index contributed by atoms with van der Waals surface area (Å²) in [5, 5.41) is 3.84. The molecule has 0 aliphatic rings. The van der Waals surface area contributed by atoms with Gasteiger partial charge < -0.3 is 15.0 Å². The third-order valence-corrected chi connectivity index (χ3v) is 6.11. The Bertz CT molecular complexity index is 1420. The minimum atomic E-state index is -0.163. The van der Waals surface area contributed by atoms with Crippen molar-refractivity contribution in [3.05, 3.63) is 102 Å². The number of nitrogens with zero attached hydrogens (tertiary/aromatic N) is 3. The zero-order chi connectivity index (χ0) is 23.3. The summed E-state index contributed by atoms with van der Waals surface area (Å²) in [6, 6.07) is 23.0. The highest BCUT2D eigenvalue weighted by Gasteiger charge is 2.14. The molecular weight excluding hydrogens is 446 g/mol. The number of aromatic nitrogens is 4. The van der Waals surface area contributed by atoms with Gasteiger partial charge >= 0.3 is 6.01 Å². The van der Waals surface area contributed by atoms with Crippen molar-refractivity contribution in [2.24, 2.45) is 0 Å². The van der Waals surface area contributed by atoms with Crippen molar-refractivity contribution in [1.82, 2.24) is 19.9 Å². The second kappa shape index (κ2) is 9.76. The molecule has 34 heavy (non-hydrogen) atoms. The van der Waals surface area contributed by atoms with Gasteiger partial charge in [0, 0.05) is 29.4 Å². The van der Waals surface area contributed by atoms with Crippen molar-refractivity contribution in [3.8, 4) is 11.8 Å². The second-order valence-corrected chi connectivity index (χ2v) is 8.53. The van der Waals surface area contributed by atoms with Crippen molar-refractivity contribution in [1.29, 1.82) is 0 Å². The van der Waals surface area contributed by atoms with Crippen LogP contribution in [-0.2, 0) is 5.75 Å². The number of para-hydroxylation sites is 2. The van der Waals surface area contributed by atoms with Gasteiger partial charge in [-0.1, -0.05) is 42.1 Å². The minimum absolute atomic E-state index is 0.163. The lowest BCUT2D eigenvalue weighted by atomic mass is 10.1. The van der Waals surface area contributed by atoms with E-state index in [1.165, 1.54) is 0 Å². The van der Waals surface area contributed by atoms with Gasteiger partial charge in [-0.05, 0) is 60.5 Å². The molecule has 0 unspecified atom stereocenters. The SMILES string of the molecule is Cc1cc(Oc2ncccn2)ccc1NC(=O)c1ccccc1CSc1nc2ccccc2[nH]1. The van der Waals surface area contributed by atoms with Gasteiger partial charge in [0.2, 0.25) is 0 Å². The van der Waals surface area contributed by atoms with Gasteiger partial charge in [0.15, 0.2) is 5.16 Å². The van der Waals surface area contributed by atoms with Gasteiger partial charge in [-0.2, -0.15) is 0 Å². The van der Waals surface area contributed by atoms with E-state index in [2.05, 4.69) is 25.3 Å². The first-order chi connectivity index (χ1) is 16.7. The lowest BCUT2D eigenvalue weighted by Crippen LogP contribution is -2.14. The summed E-state index contributed by atoms with van der Waals surface area (Å²) >= 11 is 1.57. The van der Waals surface area contributed by atoms with Crippen molar-refractivity contribution in [2.75, 3.05) is 5.32 Å². The van der Waals surface area contributed by atoms with Gasteiger partial charge in [-0.25, -0.2) is 15.0 Å². The summed E-state index contributed by atoms with van der Waals surface area (Å²) in [5.74, 6) is 1.06. The number of hydrogen-bond donors (Lipinski definition) is 2. The molecule has 0 aliphatic carbocycles. The molecule has 3 aromatic carbocycles. The first-order valence-electron chi connectivity index (χ1n) is 10.7. The maximum absolute atomic E-state index is 13.1. The van der Waals surface area contributed by atoms with Gasteiger partial charge in [-0.15, -0.1) is 0 Å². The number of aromatic amines is 1. The quantitative estimate of drug-likeness (QED) is 0.285. The van der Waals surface area contributed by atoms with E-state index in [-0.39, 0.29) is 11.9 Å². The molecule has 168 valence electrons. The molecule has 0 fully saturated rings. The molecule has 7 nitrogen and oxygen atoms in total. The summed E-state index contributed by atoms with van der Waals surface area (Å²) in [6.45, 7) is 1.91. The Morgan fingerprint density at radius 1 is 1.00 bits per heavy atom. The average Bonchev–Trinajstić information content (AvgIpc) is 3.28. The Morgan fingerprint density at radius 3 is 2.62 bits per heavy atom. The number of amides is 1. The Kier molecular flexibility index (Phi) is 6.22. The number of rotatable bonds is 7. The van der Waals surface area contributed by atoms with Crippen LogP contribution < -0.4 is 10.1 Å². The van der Waals surface area contributed by atoms with Crippen LogP contribution in [0.4, 0.5) is 5.69 Å². The molecule has 1 amide bonds. The molecule has 0 bridgehead atoms. The monoisotopic (exact) mass is 467 g/mol. The van der Waals surface area contributed by atoms with E-state index < -0.39 is 0 Å². The number of ether oxygens (including phenoxy) is 1. The third kappa shape index (κ3) is 4.92. The van der Waals surface area contributed by atoms with Crippen molar-refractivity contribution in [3.63, 3.8) is 0 Å². The number of imidazole rings is 1. The van der Waals surface area contributed by atoms with Crippen molar-refractivity contribution >= 4 is 34.4 Å². The summed E-state index contributed by atoms with van der Waals surface area (Å²) in [4.78, 5) is 29.2. The number of aryl methyl sites for hydroxylation is 1. The summed E-state index contributed by atoms with van der Waals surface area (Å²) in [7, 11) is 0. The Hall–Kier alpha value is -4.17. The number of H-pyrrole nitrogens is 1. The number of anilines is 1. The minimum Gasteiger partial charge on any atom is -0.424 e. The Balaban J connectivity index is 1.28. The van der Waals surface area contributed by atoms with Crippen LogP contribution in [0.1, 0.15) is 21.5 Å². The molecule has 0 saturated heterocycles. The van der Waals surface area contributed by atoms with Crippen LogP contribution in [-0.4, -0.2) is 25.8 Å². The largest absolute Gasteiger partial charge is 0.424 e. The molecular formula is C26H21N5O2S. The fourth-order valence-electron chi connectivity index (χ4n) is 3.48. The molecule has 2 heterocycles. The highest BCUT2D eigenvalue weighted by atomic mass is 32.2. The van der Waals surface area contributed by atoms with Gasteiger partial charge in [0.1, 0.15) is 5.75 Å². The predicted molar refractivity (Wildman–Crippen MR) is 133 cm³/mol. The smallest absolute Gasteiger partial charge is 0.321 e. The predicted octanol–water partition coefficient (Wildman–Crippen LogP) is 6.00. The summed E-state index contributed by atoms with van der Waals surface area (Å²) in [5.41, 5.74) is 5.07. The van der Waals surface area contributed by atoms with Crippen molar-refractivity contribution in [2.45, 2.75) is 17.8 Å². The van der Waals surface area contributed by atoms with Crippen LogP contribution in [0.15, 0.2) is 90.3 Å². The first kappa shape index (κ1) is 21.7. The first-order valence-corrected chi connectivity index (χ1v) is 11.7. The zero-order valence-electron chi connectivity index (χ0n) is 18.4. The van der Waals surface area contributed by atoms with Gasteiger partial charge in [0.25, 0.3) is 5.91 Å². The third-order valence-electron chi connectivity index (χ3n) is 5.19. The van der Waals surface area contributed by atoms with Gasteiger partial charge in [-0.3, -0.25) is 4.79 Å². The Morgan fingerprint density at radius 2 is 1.79 bits per heavy atom. The number of fused-ring (bicyclic) bond motifs is 1. The fourth-order valence-corrected chi connectivity index (χ4v) is 4.37. The van der Waals surface area contributed by atoms with E-state index in [0.717, 1.165) is 27.3 Å². The van der Waals surface area contributed by atoms with E-state index in [1.54, 1.807) is 36.3 Å². The van der Waals surface area contributed by atoms with Crippen LogP contribution in [0.5, 0.6) is 11.8 Å². The van der Waals surface area contributed by atoms with Crippen LogP contribution in [0.3, 0.4) is 0 Å². The van der Waals surface area contributed by atoms with Crippen LogP contribution in [0.2, 0.25) is 0 Å². The standard InChI is InChI=1S/C26H21N5O2S/c1-17-15-19(33-25-27-13-6-14-28-25)11-12-21(17)29-24(32)20-8-3-2-7-18(20)16-34-26-30-22-9-4-5-10-23(22)31-26/h2-15H,16H2,1H3,(H,29,32)(H,30,31). The number of carbonyl (C=O) groups excluding carboxylic acids is 1. The molecule has 5 aromatic rings. The normalized spacial score (nSPS) is 10.9. The molecule has 0 aliphatic heterocycles.